The quantitative estimate of drug-likeness (QED) is 0.534. The van der Waals surface area contributed by atoms with Crippen LogP contribution in [0.25, 0.3) is 10.8 Å². The van der Waals surface area contributed by atoms with Crippen molar-refractivity contribution in [3.8, 4) is 5.75 Å². The van der Waals surface area contributed by atoms with Gasteiger partial charge in [0.05, 0.1) is 19.3 Å². The molecule has 31 heavy (non-hydrogen) atoms. The second kappa shape index (κ2) is 10.1. The van der Waals surface area contributed by atoms with E-state index in [4.69, 9.17) is 9.47 Å². The average molecular weight is 421 g/mol. The number of hydrogen-bond acceptors (Lipinski definition) is 5. The van der Waals surface area contributed by atoms with Crippen LogP contribution in [0.1, 0.15) is 13.8 Å². The molecule has 1 unspecified atom stereocenters. The van der Waals surface area contributed by atoms with Gasteiger partial charge in [-0.3, -0.25) is 10.1 Å². The van der Waals surface area contributed by atoms with Gasteiger partial charge in [0.15, 0.2) is 0 Å². The molecular weight excluding hydrogens is 392 g/mol. The highest BCUT2D eigenvalue weighted by Crippen LogP contribution is 2.26. The van der Waals surface area contributed by atoms with Gasteiger partial charge in [0.25, 0.3) is 0 Å². The van der Waals surface area contributed by atoms with Gasteiger partial charge in [-0.25, -0.2) is 4.79 Å². The summed E-state index contributed by atoms with van der Waals surface area (Å²) in [6.07, 6.45) is 0. The van der Waals surface area contributed by atoms with Gasteiger partial charge in [-0.2, -0.15) is 0 Å². The average Bonchev–Trinajstić information content (AvgIpc) is 2.82. The molecule has 1 N–H and O–H groups in total. The molecule has 6 nitrogen and oxygen atoms in total. The maximum absolute atomic E-state index is 13.1. The van der Waals surface area contributed by atoms with Crippen molar-refractivity contribution >= 4 is 28.3 Å². The summed E-state index contributed by atoms with van der Waals surface area (Å²) in [7, 11) is 1.32. The van der Waals surface area contributed by atoms with E-state index in [1.165, 1.54) is 7.11 Å². The highest BCUT2D eigenvalue weighted by atomic mass is 16.5. The molecule has 0 aromatic heterocycles. The molecule has 3 aromatic rings. The lowest BCUT2D eigenvalue weighted by Gasteiger charge is -2.29. The first-order chi connectivity index (χ1) is 15.0. The van der Waals surface area contributed by atoms with E-state index in [0.717, 1.165) is 16.5 Å². The van der Waals surface area contributed by atoms with Gasteiger partial charge in [0, 0.05) is 11.9 Å². The molecule has 0 aliphatic heterocycles. The highest BCUT2D eigenvalue weighted by molar-refractivity contribution is 6.04. The van der Waals surface area contributed by atoms with Gasteiger partial charge in [-0.1, -0.05) is 54.6 Å². The topological polar surface area (TPSA) is 67.9 Å². The molecule has 0 heterocycles. The fourth-order valence-electron chi connectivity index (χ4n) is 3.44. The first-order valence-electron chi connectivity index (χ1n) is 10.3. The van der Waals surface area contributed by atoms with Crippen LogP contribution >= 0.6 is 0 Å². The van der Waals surface area contributed by atoms with Gasteiger partial charge < -0.3 is 14.4 Å². The van der Waals surface area contributed by atoms with Crippen molar-refractivity contribution < 1.29 is 19.1 Å². The van der Waals surface area contributed by atoms with Crippen molar-refractivity contribution in [2.24, 2.45) is 0 Å². The summed E-state index contributed by atoms with van der Waals surface area (Å²) in [5.74, 6) is -0.00479. The Morgan fingerprint density at radius 3 is 2.35 bits per heavy atom. The zero-order chi connectivity index (χ0) is 22.3. The third-order valence-electron chi connectivity index (χ3n) is 5.21. The third-order valence-corrected chi connectivity index (χ3v) is 5.21. The number of carbonyl (C=O) groups is 2. The lowest BCUT2D eigenvalue weighted by Crippen LogP contribution is -2.57. The van der Waals surface area contributed by atoms with Crippen molar-refractivity contribution in [1.29, 1.82) is 0 Å². The van der Waals surface area contributed by atoms with Crippen molar-refractivity contribution in [2.75, 3.05) is 31.7 Å². The van der Waals surface area contributed by atoms with Gasteiger partial charge in [-0.15, -0.1) is 0 Å². The molecule has 0 saturated carbocycles. The molecule has 0 aliphatic rings. The summed E-state index contributed by atoms with van der Waals surface area (Å²) in [6, 6.07) is 23.0. The van der Waals surface area contributed by atoms with Crippen LogP contribution in [0.4, 0.5) is 5.69 Å². The fraction of sp³-hybridized carbons (Fsp3) is 0.280. The normalized spacial score (nSPS) is 12.7. The van der Waals surface area contributed by atoms with E-state index >= 15 is 0 Å². The number of nitrogens with one attached hydrogen (secondary N) is 1. The summed E-state index contributed by atoms with van der Waals surface area (Å²) in [5.41, 5.74) is -0.342. The van der Waals surface area contributed by atoms with Crippen LogP contribution in [0.2, 0.25) is 0 Å². The van der Waals surface area contributed by atoms with Crippen LogP contribution in [0.3, 0.4) is 0 Å². The highest BCUT2D eigenvalue weighted by Gasteiger charge is 2.36. The summed E-state index contributed by atoms with van der Waals surface area (Å²) in [5, 5.41) is 5.13. The zero-order valence-electron chi connectivity index (χ0n) is 18.1. The van der Waals surface area contributed by atoms with E-state index in [1.807, 2.05) is 79.7 Å². The fourth-order valence-corrected chi connectivity index (χ4v) is 3.44. The zero-order valence-corrected chi connectivity index (χ0v) is 18.1. The molecule has 6 heteroatoms. The number of carbonyl (C=O) groups excluding carboxylic acids is 2. The molecule has 0 aliphatic carbocycles. The molecule has 1 amide bonds. The molecule has 0 radical (unpaired) electrons. The van der Waals surface area contributed by atoms with Gasteiger partial charge >= 0.3 is 5.97 Å². The molecule has 3 aromatic carbocycles. The van der Waals surface area contributed by atoms with E-state index in [1.54, 1.807) is 11.8 Å². The van der Waals surface area contributed by atoms with E-state index in [-0.39, 0.29) is 19.1 Å². The Hall–Kier alpha value is -3.38. The molecule has 0 spiro atoms. The smallest absolute Gasteiger partial charge is 0.329 e. The molecule has 1 atom stereocenters. The molecular formula is C25H28N2O4. The van der Waals surface area contributed by atoms with Crippen LogP contribution in [0.15, 0.2) is 72.8 Å². The summed E-state index contributed by atoms with van der Waals surface area (Å²) < 4.78 is 10.7. The number of benzene rings is 3. The van der Waals surface area contributed by atoms with Gasteiger partial charge in [-0.05, 0) is 37.4 Å². The number of hydrogen-bond donors (Lipinski definition) is 1. The van der Waals surface area contributed by atoms with Gasteiger partial charge in [0.1, 0.15) is 17.9 Å². The number of methoxy groups -OCH3 is 1. The number of nitrogens with zero attached hydrogens (tertiary/aromatic N) is 1. The van der Waals surface area contributed by atoms with Crippen molar-refractivity contribution in [3.63, 3.8) is 0 Å². The minimum atomic E-state index is -1.18. The van der Waals surface area contributed by atoms with Crippen molar-refractivity contribution in [3.05, 3.63) is 72.8 Å². The minimum Gasteiger partial charge on any atom is -0.491 e. The van der Waals surface area contributed by atoms with Crippen LogP contribution in [0, 0.1) is 0 Å². The second-order valence-electron chi connectivity index (χ2n) is 7.42. The standard InChI is InChI=1S/C25H28N2O4/c1-4-27(22-16-10-12-19-11-8-9-15-21(19)22)23(28)17-26-25(2,24(29)30-3)18-31-20-13-6-5-7-14-20/h5-16,26H,4,17-18H2,1-3H3. The molecule has 0 fully saturated rings. The number of anilines is 1. The van der Waals surface area contributed by atoms with E-state index in [2.05, 4.69) is 5.32 Å². The minimum absolute atomic E-state index is 0.0252. The SMILES string of the molecule is CCN(C(=O)CNC(C)(COc1ccccc1)C(=O)OC)c1cccc2ccccc12. The van der Waals surface area contributed by atoms with Crippen molar-refractivity contribution in [1.82, 2.24) is 5.32 Å². The number of fused-ring (bicyclic) bond motifs is 1. The number of amides is 1. The lowest BCUT2D eigenvalue weighted by atomic mass is 10.0. The van der Waals surface area contributed by atoms with Gasteiger partial charge in [0.2, 0.25) is 5.91 Å². The Labute approximate surface area is 182 Å². The number of rotatable bonds is 9. The maximum Gasteiger partial charge on any atom is 0.329 e. The summed E-state index contributed by atoms with van der Waals surface area (Å²) >= 11 is 0. The Balaban J connectivity index is 1.75. The molecule has 162 valence electrons. The largest absolute Gasteiger partial charge is 0.491 e. The first-order valence-corrected chi connectivity index (χ1v) is 10.3. The third kappa shape index (κ3) is 5.22. The number of esters is 1. The first kappa shape index (κ1) is 22.3. The maximum atomic E-state index is 13.1. The number of para-hydroxylation sites is 1. The Morgan fingerprint density at radius 1 is 0.968 bits per heavy atom. The van der Waals surface area contributed by atoms with E-state index in [0.29, 0.717) is 12.3 Å². The summed E-state index contributed by atoms with van der Waals surface area (Å²) in [4.78, 5) is 27.3. The molecule has 0 bridgehead atoms. The van der Waals surface area contributed by atoms with Crippen LogP contribution in [0.5, 0.6) is 5.75 Å². The lowest BCUT2D eigenvalue weighted by molar-refractivity contribution is -0.149. The molecule has 0 saturated heterocycles. The van der Waals surface area contributed by atoms with E-state index < -0.39 is 11.5 Å². The second-order valence-corrected chi connectivity index (χ2v) is 7.42. The Bertz CT molecular complexity index is 1030. The van der Waals surface area contributed by atoms with Crippen LogP contribution in [-0.4, -0.2) is 44.2 Å². The van der Waals surface area contributed by atoms with Crippen LogP contribution in [-0.2, 0) is 14.3 Å². The Kier molecular flexibility index (Phi) is 7.26. The summed E-state index contributed by atoms with van der Waals surface area (Å²) in [6.45, 7) is 4.09. The van der Waals surface area contributed by atoms with Crippen molar-refractivity contribution in [2.45, 2.75) is 19.4 Å². The monoisotopic (exact) mass is 420 g/mol. The predicted molar refractivity (Wildman–Crippen MR) is 122 cm³/mol. The predicted octanol–water partition coefficient (Wildman–Crippen LogP) is 3.79. The van der Waals surface area contributed by atoms with Crippen LogP contribution < -0.4 is 15.0 Å². The molecule has 3 rings (SSSR count). The number of ether oxygens (including phenoxy) is 2. The number of likely N-dealkylation sites (N-methyl/N-ethyl adjacent to an activating group) is 1. The Morgan fingerprint density at radius 2 is 1.65 bits per heavy atom. The van der Waals surface area contributed by atoms with E-state index in [9.17, 15) is 9.59 Å².